The molecule has 1 saturated heterocycles. The number of aryl methyl sites for hydroxylation is 1. The fourth-order valence-electron chi connectivity index (χ4n) is 2.21. The minimum Gasteiger partial charge on any atom is -0.384 e. The Balaban J connectivity index is 2.02. The molecule has 2 rings (SSSR count). The molecule has 5 nitrogen and oxygen atoms in total. The van der Waals surface area contributed by atoms with Gasteiger partial charge in [-0.25, -0.2) is 0 Å². The van der Waals surface area contributed by atoms with E-state index in [1.165, 1.54) is 0 Å². The van der Waals surface area contributed by atoms with Gasteiger partial charge in [-0.2, -0.15) is 0 Å². The van der Waals surface area contributed by atoms with Gasteiger partial charge in [0, 0.05) is 24.2 Å². The highest BCUT2D eigenvalue weighted by Crippen LogP contribution is 2.15. The largest absolute Gasteiger partial charge is 0.384 e. The van der Waals surface area contributed by atoms with E-state index in [-0.39, 0.29) is 25.0 Å². The van der Waals surface area contributed by atoms with Gasteiger partial charge in [0.05, 0.1) is 6.54 Å². The zero-order chi connectivity index (χ0) is 15.2. The van der Waals surface area contributed by atoms with Crippen LogP contribution in [-0.2, 0) is 9.59 Å². The molecule has 0 spiro atoms. The van der Waals surface area contributed by atoms with Crippen LogP contribution in [0.4, 0.5) is 5.69 Å². The summed E-state index contributed by atoms with van der Waals surface area (Å²) in [5, 5.41) is 11.5. The zero-order valence-electron chi connectivity index (χ0n) is 12.0. The van der Waals surface area contributed by atoms with E-state index < -0.39 is 0 Å². The highest BCUT2D eigenvalue weighted by atomic mass is 16.2. The van der Waals surface area contributed by atoms with Crippen LogP contribution in [0, 0.1) is 18.8 Å². The molecule has 0 aliphatic carbocycles. The number of hydrogen-bond donors (Lipinski definition) is 2. The summed E-state index contributed by atoms with van der Waals surface area (Å²) in [4.78, 5) is 25.0. The Bertz CT molecular complexity index is 614. The summed E-state index contributed by atoms with van der Waals surface area (Å²) in [5.41, 5.74) is 2.38. The van der Waals surface area contributed by atoms with Crippen LogP contribution in [0.5, 0.6) is 0 Å². The van der Waals surface area contributed by atoms with Crippen LogP contribution in [0.25, 0.3) is 0 Å². The smallest absolute Gasteiger partial charge is 0.243 e. The lowest BCUT2D eigenvalue weighted by Crippen LogP contribution is -2.33. The lowest BCUT2D eigenvalue weighted by atomic mass is 10.1. The first-order chi connectivity index (χ1) is 10.1. The molecule has 0 atom stereocenters. The number of amides is 2. The summed E-state index contributed by atoms with van der Waals surface area (Å²) >= 11 is 0. The second kappa shape index (κ2) is 6.91. The topological polar surface area (TPSA) is 69.6 Å². The fraction of sp³-hybridized carbons (Fsp3) is 0.375. The first kappa shape index (κ1) is 15.1. The predicted molar refractivity (Wildman–Crippen MR) is 79.6 cm³/mol. The van der Waals surface area contributed by atoms with Gasteiger partial charge in [0.2, 0.25) is 11.8 Å². The molecule has 0 bridgehead atoms. The van der Waals surface area contributed by atoms with Gasteiger partial charge < -0.3 is 15.3 Å². The van der Waals surface area contributed by atoms with Crippen molar-refractivity contribution in [1.82, 2.24) is 4.90 Å². The predicted octanol–water partition coefficient (Wildman–Crippen LogP) is 0.900. The molecule has 1 fully saturated rings. The van der Waals surface area contributed by atoms with E-state index in [1.807, 2.05) is 13.0 Å². The number of aliphatic hydroxyl groups is 1. The SMILES string of the molecule is Cc1ccc(NC(=O)CN2CCCC2=O)cc1C#CCO. The molecule has 1 aliphatic rings. The van der Waals surface area contributed by atoms with Crippen molar-refractivity contribution in [1.29, 1.82) is 0 Å². The number of anilines is 1. The number of nitrogens with one attached hydrogen (secondary N) is 1. The molecule has 0 saturated carbocycles. The van der Waals surface area contributed by atoms with Crippen LogP contribution in [-0.4, -0.2) is 41.5 Å². The van der Waals surface area contributed by atoms with E-state index in [9.17, 15) is 9.59 Å². The van der Waals surface area contributed by atoms with Gasteiger partial charge in [-0.15, -0.1) is 0 Å². The molecular formula is C16H18N2O3. The van der Waals surface area contributed by atoms with E-state index in [0.29, 0.717) is 18.7 Å². The molecule has 2 amide bonds. The van der Waals surface area contributed by atoms with Crippen molar-refractivity contribution in [2.24, 2.45) is 0 Å². The first-order valence-electron chi connectivity index (χ1n) is 6.88. The molecule has 0 aromatic heterocycles. The van der Waals surface area contributed by atoms with Gasteiger partial charge in [-0.1, -0.05) is 17.9 Å². The Morgan fingerprint density at radius 2 is 2.29 bits per heavy atom. The number of nitrogens with zero attached hydrogens (tertiary/aromatic N) is 1. The Labute approximate surface area is 124 Å². The maximum atomic E-state index is 11.9. The minimum atomic E-state index is -0.213. The first-order valence-corrected chi connectivity index (χ1v) is 6.88. The number of aliphatic hydroxyl groups excluding tert-OH is 1. The standard InChI is InChI=1S/C16H18N2O3/c1-12-6-7-14(10-13(12)4-3-9-19)17-15(20)11-18-8-2-5-16(18)21/h6-7,10,19H,2,5,8-9,11H2,1H3,(H,17,20). The molecule has 2 N–H and O–H groups in total. The third kappa shape index (κ3) is 4.07. The number of carbonyl (C=O) groups excluding carboxylic acids is 2. The number of benzene rings is 1. The van der Waals surface area contributed by atoms with E-state index >= 15 is 0 Å². The van der Waals surface area contributed by atoms with Gasteiger partial charge in [0.15, 0.2) is 0 Å². The van der Waals surface area contributed by atoms with Crippen molar-refractivity contribution in [3.63, 3.8) is 0 Å². The number of likely N-dealkylation sites (tertiary alicyclic amines) is 1. The van der Waals surface area contributed by atoms with Crippen molar-refractivity contribution in [3.8, 4) is 11.8 Å². The molecule has 5 heteroatoms. The van der Waals surface area contributed by atoms with E-state index in [1.54, 1.807) is 17.0 Å². The van der Waals surface area contributed by atoms with Crippen molar-refractivity contribution >= 4 is 17.5 Å². The van der Waals surface area contributed by atoms with Crippen molar-refractivity contribution in [3.05, 3.63) is 29.3 Å². The number of carbonyl (C=O) groups is 2. The maximum absolute atomic E-state index is 11.9. The fourth-order valence-corrected chi connectivity index (χ4v) is 2.21. The van der Waals surface area contributed by atoms with E-state index in [0.717, 1.165) is 17.5 Å². The summed E-state index contributed by atoms with van der Waals surface area (Å²) in [5.74, 6) is 5.25. The quantitative estimate of drug-likeness (QED) is 0.811. The highest BCUT2D eigenvalue weighted by Gasteiger charge is 2.22. The lowest BCUT2D eigenvalue weighted by Gasteiger charge is -2.15. The van der Waals surface area contributed by atoms with Gasteiger partial charge >= 0.3 is 0 Å². The molecule has 1 heterocycles. The molecular weight excluding hydrogens is 268 g/mol. The Kier molecular flexibility index (Phi) is 4.96. The minimum absolute atomic E-state index is 0.0311. The third-order valence-corrected chi connectivity index (χ3v) is 3.33. The second-order valence-corrected chi connectivity index (χ2v) is 4.96. The molecule has 1 aromatic rings. The maximum Gasteiger partial charge on any atom is 0.243 e. The highest BCUT2D eigenvalue weighted by molar-refractivity contribution is 5.95. The normalized spacial score (nSPS) is 13.8. The number of hydrogen-bond acceptors (Lipinski definition) is 3. The Morgan fingerprint density at radius 3 is 2.95 bits per heavy atom. The molecule has 0 radical (unpaired) electrons. The summed E-state index contributed by atoms with van der Waals surface area (Å²) < 4.78 is 0. The number of rotatable bonds is 3. The van der Waals surface area contributed by atoms with Crippen LogP contribution in [0.3, 0.4) is 0 Å². The second-order valence-electron chi connectivity index (χ2n) is 4.96. The molecule has 1 aromatic carbocycles. The van der Waals surface area contributed by atoms with Crippen molar-refractivity contribution < 1.29 is 14.7 Å². The van der Waals surface area contributed by atoms with Crippen molar-refractivity contribution in [2.45, 2.75) is 19.8 Å². The molecule has 1 aliphatic heterocycles. The average molecular weight is 286 g/mol. The van der Waals surface area contributed by atoms with Crippen LogP contribution in [0.2, 0.25) is 0 Å². The van der Waals surface area contributed by atoms with Crippen molar-refractivity contribution in [2.75, 3.05) is 25.0 Å². The van der Waals surface area contributed by atoms with Gasteiger partial charge in [-0.3, -0.25) is 9.59 Å². The van der Waals surface area contributed by atoms with E-state index in [2.05, 4.69) is 17.2 Å². The van der Waals surface area contributed by atoms with Crippen LogP contribution in [0.1, 0.15) is 24.0 Å². The lowest BCUT2D eigenvalue weighted by molar-refractivity contribution is -0.131. The summed E-state index contributed by atoms with van der Waals surface area (Å²) in [6.07, 6.45) is 1.34. The summed E-state index contributed by atoms with van der Waals surface area (Å²) in [7, 11) is 0. The average Bonchev–Trinajstić information content (AvgIpc) is 2.85. The zero-order valence-corrected chi connectivity index (χ0v) is 12.0. The third-order valence-electron chi connectivity index (χ3n) is 3.33. The summed E-state index contributed by atoms with van der Waals surface area (Å²) in [6, 6.07) is 5.42. The Hall–Kier alpha value is -2.32. The van der Waals surface area contributed by atoms with Gasteiger partial charge in [0.25, 0.3) is 0 Å². The Morgan fingerprint density at radius 1 is 1.48 bits per heavy atom. The van der Waals surface area contributed by atoms with E-state index in [4.69, 9.17) is 5.11 Å². The van der Waals surface area contributed by atoms with Crippen LogP contribution < -0.4 is 5.32 Å². The molecule has 110 valence electrons. The van der Waals surface area contributed by atoms with Gasteiger partial charge in [0.1, 0.15) is 6.61 Å². The monoisotopic (exact) mass is 286 g/mol. The molecule has 21 heavy (non-hydrogen) atoms. The molecule has 0 unspecified atom stereocenters. The van der Waals surface area contributed by atoms with Crippen LogP contribution in [0.15, 0.2) is 18.2 Å². The summed E-state index contributed by atoms with van der Waals surface area (Å²) in [6.45, 7) is 2.45. The van der Waals surface area contributed by atoms with Crippen LogP contribution >= 0.6 is 0 Å². The van der Waals surface area contributed by atoms with Gasteiger partial charge in [-0.05, 0) is 31.0 Å².